The zero-order chi connectivity index (χ0) is 28.1. The highest BCUT2D eigenvalue weighted by atomic mass is 16.5. The van der Waals surface area contributed by atoms with E-state index in [1.54, 1.807) is 42.5 Å². The third-order valence-corrected chi connectivity index (χ3v) is 6.67. The SMILES string of the molecule is COc1ccc(C2C(=C(O)c3ccc(OCc4cccc(C)c4)cc3)C(=O)C(=O)N2CCN(C)C)cc1OC. The lowest BCUT2D eigenvalue weighted by atomic mass is 9.95. The summed E-state index contributed by atoms with van der Waals surface area (Å²) in [7, 11) is 6.84. The molecule has 0 aromatic heterocycles. The van der Waals surface area contributed by atoms with Crippen molar-refractivity contribution in [2.75, 3.05) is 41.4 Å². The molecule has 1 amide bonds. The van der Waals surface area contributed by atoms with E-state index in [1.165, 1.54) is 19.1 Å². The number of likely N-dealkylation sites (N-methyl/N-ethyl adjacent to an activating group) is 1. The molecule has 1 heterocycles. The number of likely N-dealkylation sites (tertiary alicyclic amines) is 1. The molecule has 1 fully saturated rings. The van der Waals surface area contributed by atoms with Gasteiger partial charge in [-0.1, -0.05) is 35.9 Å². The Bertz CT molecular complexity index is 1380. The van der Waals surface area contributed by atoms with Gasteiger partial charge in [0.25, 0.3) is 11.7 Å². The fourth-order valence-corrected chi connectivity index (χ4v) is 4.62. The second-order valence-corrected chi connectivity index (χ2v) is 9.71. The molecule has 0 aliphatic carbocycles. The van der Waals surface area contributed by atoms with Gasteiger partial charge in [-0.05, 0) is 68.5 Å². The molecule has 1 saturated heterocycles. The fraction of sp³-hybridized carbons (Fsp3) is 0.290. The molecule has 3 aromatic rings. The van der Waals surface area contributed by atoms with Gasteiger partial charge in [-0.25, -0.2) is 0 Å². The average Bonchev–Trinajstić information content (AvgIpc) is 3.19. The number of aliphatic hydroxyl groups excluding tert-OH is 1. The van der Waals surface area contributed by atoms with E-state index < -0.39 is 17.7 Å². The summed E-state index contributed by atoms with van der Waals surface area (Å²) in [4.78, 5) is 29.9. The lowest BCUT2D eigenvalue weighted by Crippen LogP contribution is -2.35. The summed E-state index contributed by atoms with van der Waals surface area (Å²) in [5.41, 5.74) is 3.27. The molecule has 39 heavy (non-hydrogen) atoms. The molecule has 1 aliphatic rings. The van der Waals surface area contributed by atoms with E-state index in [9.17, 15) is 14.7 Å². The molecule has 1 aliphatic heterocycles. The van der Waals surface area contributed by atoms with Crippen LogP contribution in [-0.2, 0) is 16.2 Å². The number of ketones is 1. The monoisotopic (exact) mass is 530 g/mol. The second kappa shape index (κ2) is 12.0. The van der Waals surface area contributed by atoms with Gasteiger partial charge in [-0.2, -0.15) is 0 Å². The molecule has 0 spiro atoms. The van der Waals surface area contributed by atoms with E-state index in [1.807, 2.05) is 44.1 Å². The predicted octanol–water partition coefficient (Wildman–Crippen LogP) is 4.57. The van der Waals surface area contributed by atoms with Crippen molar-refractivity contribution >= 4 is 17.4 Å². The molecule has 0 saturated carbocycles. The van der Waals surface area contributed by atoms with E-state index in [-0.39, 0.29) is 11.3 Å². The Morgan fingerprint density at radius 1 is 0.949 bits per heavy atom. The Morgan fingerprint density at radius 2 is 1.67 bits per heavy atom. The lowest BCUT2D eigenvalue weighted by Gasteiger charge is -2.27. The number of Topliss-reactive ketones (excluding diaryl/α,β-unsaturated/α-hetero) is 1. The number of rotatable bonds is 10. The number of aryl methyl sites for hydroxylation is 1. The summed E-state index contributed by atoms with van der Waals surface area (Å²) >= 11 is 0. The van der Waals surface area contributed by atoms with Crippen LogP contribution in [0.5, 0.6) is 17.2 Å². The van der Waals surface area contributed by atoms with Crippen molar-refractivity contribution in [3.8, 4) is 17.2 Å². The average molecular weight is 531 g/mol. The number of methoxy groups -OCH3 is 2. The van der Waals surface area contributed by atoms with Crippen LogP contribution in [0.2, 0.25) is 0 Å². The van der Waals surface area contributed by atoms with Gasteiger partial charge >= 0.3 is 0 Å². The van der Waals surface area contributed by atoms with Crippen LogP contribution in [0.3, 0.4) is 0 Å². The van der Waals surface area contributed by atoms with Crippen LogP contribution < -0.4 is 14.2 Å². The molecule has 1 unspecified atom stereocenters. The molecule has 8 heteroatoms. The summed E-state index contributed by atoms with van der Waals surface area (Å²) in [5, 5.41) is 11.4. The summed E-state index contributed by atoms with van der Waals surface area (Å²) in [6, 6.07) is 19.3. The van der Waals surface area contributed by atoms with Gasteiger partial charge in [0.2, 0.25) is 0 Å². The third-order valence-electron chi connectivity index (χ3n) is 6.67. The Labute approximate surface area is 229 Å². The normalized spacial score (nSPS) is 16.6. The maximum absolute atomic E-state index is 13.3. The van der Waals surface area contributed by atoms with Crippen molar-refractivity contribution < 1.29 is 28.9 Å². The molecule has 1 N–H and O–H groups in total. The Kier molecular flexibility index (Phi) is 8.56. The summed E-state index contributed by atoms with van der Waals surface area (Å²) in [6.07, 6.45) is 0. The lowest BCUT2D eigenvalue weighted by molar-refractivity contribution is -0.140. The maximum Gasteiger partial charge on any atom is 0.295 e. The molecule has 3 aromatic carbocycles. The number of nitrogens with zero attached hydrogens (tertiary/aromatic N) is 2. The minimum atomic E-state index is -0.790. The van der Waals surface area contributed by atoms with Crippen molar-refractivity contribution in [3.63, 3.8) is 0 Å². The zero-order valence-electron chi connectivity index (χ0n) is 22.9. The van der Waals surface area contributed by atoms with Crippen molar-refractivity contribution in [1.82, 2.24) is 9.80 Å². The summed E-state index contributed by atoms with van der Waals surface area (Å²) < 4.78 is 16.7. The van der Waals surface area contributed by atoms with Gasteiger partial charge in [-0.15, -0.1) is 0 Å². The molecular weight excluding hydrogens is 496 g/mol. The standard InChI is InChI=1S/C31H34N2O6/c1-20-7-6-8-21(17-20)19-39-24-12-9-22(10-13-24)29(34)27-28(23-11-14-25(37-4)26(18-23)38-5)33(16-15-32(2)3)31(36)30(27)35/h6-14,17-18,28,34H,15-16,19H2,1-5H3. The molecule has 8 nitrogen and oxygen atoms in total. The number of aliphatic hydroxyl groups is 1. The van der Waals surface area contributed by atoms with E-state index in [0.717, 1.165) is 11.1 Å². The Hall–Kier alpha value is -4.30. The number of carbonyl (C=O) groups is 2. The first kappa shape index (κ1) is 27.7. The minimum absolute atomic E-state index is 0.0272. The smallest absolute Gasteiger partial charge is 0.295 e. The van der Waals surface area contributed by atoms with Crippen molar-refractivity contribution in [1.29, 1.82) is 0 Å². The van der Waals surface area contributed by atoms with Gasteiger partial charge in [-0.3, -0.25) is 9.59 Å². The Balaban J connectivity index is 1.69. The number of ether oxygens (including phenoxy) is 3. The van der Waals surface area contributed by atoms with Crippen LogP contribution in [0, 0.1) is 6.92 Å². The molecule has 0 radical (unpaired) electrons. The Morgan fingerprint density at radius 3 is 2.31 bits per heavy atom. The van der Waals surface area contributed by atoms with E-state index in [0.29, 0.717) is 48.1 Å². The van der Waals surface area contributed by atoms with Gasteiger partial charge < -0.3 is 29.1 Å². The molecule has 0 bridgehead atoms. The minimum Gasteiger partial charge on any atom is -0.507 e. The number of hydrogen-bond acceptors (Lipinski definition) is 7. The highest BCUT2D eigenvalue weighted by molar-refractivity contribution is 6.46. The van der Waals surface area contributed by atoms with Crippen LogP contribution in [-0.4, -0.2) is 68.0 Å². The van der Waals surface area contributed by atoms with Crippen molar-refractivity contribution in [3.05, 3.63) is 94.6 Å². The van der Waals surface area contributed by atoms with E-state index in [2.05, 4.69) is 6.07 Å². The largest absolute Gasteiger partial charge is 0.507 e. The third kappa shape index (κ3) is 6.07. The molecule has 1 atom stereocenters. The van der Waals surface area contributed by atoms with Crippen molar-refractivity contribution in [2.24, 2.45) is 0 Å². The topological polar surface area (TPSA) is 88.5 Å². The maximum atomic E-state index is 13.3. The van der Waals surface area contributed by atoms with E-state index >= 15 is 0 Å². The summed E-state index contributed by atoms with van der Waals surface area (Å²) in [5.74, 6) is -0.0279. The quantitative estimate of drug-likeness (QED) is 0.233. The number of amides is 1. The fourth-order valence-electron chi connectivity index (χ4n) is 4.62. The summed E-state index contributed by atoms with van der Waals surface area (Å²) in [6.45, 7) is 3.28. The van der Waals surface area contributed by atoms with Crippen LogP contribution in [0.15, 0.2) is 72.3 Å². The van der Waals surface area contributed by atoms with Crippen LogP contribution in [0.4, 0.5) is 0 Å². The van der Waals surface area contributed by atoms with E-state index in [4.69, 9.17) is 14.2 Å². The van der Waals surface area contributed by atoms with Gasteiger partial charge in [0.1, 0.15) is 18.1 Å². The van der Waals surface area contributed by atoms with Crippen molar-refractivity contribution in [2.45, 2.75) is 19.6 Å². The van der Waals surface area contributed by atoms with Crippen LogP contribution in [0.1, 0.15) is 28.3 Å². The van der Waals surface area contributed by atoms with Gasteiger partial charge in [0.05, 0.1) is 25.8 Å². The zero-order valence-corrected chi connectivity index (χ0v) is 22.9. The highest BCUT2D eigenvalue weighted by Gasteiger charge is 2.46. The molecular formula is C31H34N2O6. The number of hydrogen-bond donors (Lipinski definition) is 1. The first-order valence-corrected chi connectivity index (χ1v) is 12.7. The van der Waals surface area contributed by atoms with Crippen LogP contribution in [0.25, 0.3) is 5.76 Å². The highest BCUT2D eigenvalue weighted by Crippen LogP contribution is 2.42. The molecule has 4 rings (SSSR count). The second-order valence-electron chi connectivity index (χ2n) is 9.71. The first-order valence-electron chi connectivity index (χ1n) is 12.7. The van der Waals surface area contributed by atoms with Crippen LogP contribution >= 0.6 is 0 Å². The first-order chi connectivity index (χ1) is 18.7. The van der Waals surface area contributed by atoms with Gasteiger partial charge in [0.15, 0.2) is 11.5 Å². The predicted molar refractivity (Wildman–Crippen MR) is 149 cm³/mol. The molecule has 204 valence electrons. The number of carbonyl (C=O) groups excluding carboxylic acids is 2. The number of benzene rings is 3. The van der Waals surface area contributed by atoms with Gasteiger partial charge in [0, 0.05) is 18.7 Å².